The lowest BCUT2D eigenvalue weighted by molar-refractivity contribution is -0.125. The Morgan fingerprint density at radius 2 is 2.23 bits per heavy atom. The fraction of sp³-hybridized carbons (Fsp3) is 0.700. The largest absolute Gasteiger partial charge is 0.498 e. The van der Waals surface area contributed by atoms with Crippen molar-refractivity contribution in [3.63, 3.8) is 0 Å². The Bertz CT molecular complexity index is 199. The van der Waals surface area contributed by atoms with Gasteiger partial charge in [0.25, 0.3) is 0 Å². The lowest BCUT2D eigenvalue weighted by Crippen LogP contribution is -2.29. The first-order valence-corrected chi connectivity index (χ1v) is 4.90. The zero-order valence-electron chi connectivity index (χ0n) is 8.38. The SMILES string of the molecule is CCN(CC)C(=O)/C=C1\CCCO1. The molecule has 0 aromatic heterocycles. The maximum atomic E-state index is 11.5. The Balaban J connectivity index is 2.51. The summed E-state index contributed by atoms with van der Waals surface area (Å²) in [6.45, 7) is 6.25. The molecule has 0 atom stereocenters. The van der Waals surface area contributed by atoms with Crippen LogP contribution in [-0.2, 0) is 9.53 Å². The summed E-state index contributed by atoms with van der Waals surface area (Å²) in [7, 11) is 0. The van der Waals surface area contributed by atoms with Gasteiger partial charge in [-0.2, -0.15) is 0 Å². The van der Waals surface area contributed by atoms with Crippen molar-refractivity contribution < 1.29 is 9.53 Å². The second-order valence-corrected chi connectivity index (χ2v) is 3.07. The van der Waals surface area contributed by atoms with Crippen molar-refractivity contribution in [2.45, 2.75) is 26.7 Å². The van der Waals surface area contributed by atoms with E-state index in [0.717, 1.165) is 38.3 Å². The molecule has 1 amide bonds. The zero-order chi connectivity index (χ0) is 9.68. The monoisotopic (exact) mass is 183 g/mol. The van der Waals surface area contributed by atoms with Gasteiger partial charge < -0.3 is 9.64 Å². The van der Waals surface area contributed by atoms with E-state index in [9.17, 15) is 4.79 Å². The number of ether oxygens (including phenoxy) is 1. The van der Waals surface area contributed by atoms with Crippen LogP contribution in [0.4, 0.5) is 0 Å². The van der Waals surface area contributed by atoms with E-state index in [0.29, 0.717) is 0 Å². The molecule has 0 spiro atoms. The van der Waals surface area contributed by atoms with Gasteiger partial charge in [-0.1, -0.05) is 0 Å². The van der Waals surface area contributed by atoms with Crippen LogP contribution in [0.2, 0.25) is 0 Å². The summed E-state index contributed by atoms with van der Waals surface area (Å²) in [6.07, 6.45) is 3.57. The van der Waals surface area contributed by atoms with Gasteiger partial charge >= 0.3 is 0 Å². The molecular formula is C10H17NO2. The molecule has 0 radical (unpaired) electrons. The van der Waals surface area contributed by atoms with Crippen LogP contribution in [0, 0.1) is 0 Å². The van der Waals surface area contributed by atoms with Gasteiger partial charge in [-0.05, 0) is 20.3 Å². The molecular weight excluding hydrogens is 166 g/mol. The van der Waals surface area contributed by atoms with Gasteiger partial charge in [-0.25, -0.2) is 0 Å². The normalized spacial score (nSPS) is 18.8. The first-order valence-electron chi connectivity index (χ1n) is 4.90. The first kappa shape index (κ1) is 10.1. The minimum absolute atomic E-state index is 0.0712. The molecule has 1 aliphatic rings. The molecule has 0 aromatic rings. The standard InChI is InChI=1S/C10H17NO2/c1-3-11(4-2)10(12)8-9-6-5-7-13-9/h8H,3-7H2,1-2H3/b9-8+. The molecule has 13 heavy (non-hydrogen) atoms. The highest BCUT2D eigenvalue weighted by molar-refractivity contribution is 5.88. The van der Waals surface area contributed by atoms with Gasteiger partial charge in [0.05, 0.1) is 6.61 Å². The van der Waals surface area contributed by atoms with E-state index in [1.165, 1.54) is 0 Å². The van der Waals surface area contributed by atoms with Gasteiger partial charge in [-0.3, -0.25) is 4.79 Å². The molecule has 3 heteroatoms. The number of amides is 1. The van der Waals surface area contributed by atoms with Crippen LogP contribution >= 0.6 is 0 Å². The Morgan fingerprint density at radius 1 is 1.54 bits per heavy atom. The van der Waals surface area contributed by atoms with Crippen LogP contribution in [-0.4, -0.2) is 30.5 Å². The molecule has 0 aliphatic carbocycles. The summed E-state index contributed by atoms with van der Waals surface area (Å²) in [6, 6.07) is 0. The molecule has 0 aromatic carbocycles. The lowest BCUT2D eigenvalue weighted by atomic mass is 10.3. The number of carbonyl (C=O) groups excluding carboxylic acids is 1. The molecule has 1 fully saturated rings. The van der Waals surface area contributed by atoms with Crippen molar-refractivity contribution in [2.75, 3.05) is 19.7 Å². The molecule has 1 aliphatic heterocycles. The highest BCUT2D eigenvalue weighted by Crippen LogP contribution is 2.15. The minimum Gasteiger partial charge on any atom is -0.498 e. The topological polar surface area (TPSA) is 29.5 Å². The summed E-state index contributed by atoms with van der Waals surface area (Å²) in [5, 5.41) is 0. The van der Waals surface area contributed by atoms with E-state index in [-0.39, 0.29) is 5.91 Å². The van der Waals surface area contributed by atoms with Gasteiger partial charge in [-0.15, -0.1) is 0 Å². The van der Waals surface area contributed by atoms with Crippen molar-refractivity contribution in [1.82, 2.24) is 4.90 Å². The zero-order valence-corrected chi connectivity index (χ0v) is 8.38. The summed E-state index contributed by atoms with van der Waals surface area (Å²) in [5.41, 5.74) is 0. The molecule has 0 unspecified atom stereocenters. The highest BCUT2D eigenvalue weighted by Gasteiger charge is 2.12. The molecule has 1 heterocycles. The fourth-order valence-electron chi connectivity index (χ4n) is 1.40. The summed E-state index contributed by atoms with van der Waals surface area (Å²) in [5.74, 6) is 0.916. The van der Waals surface area contributed by atoms with Crippen molar-refractivity contribution in [2.24, 2.45) is 0 Å². The summed E-state index contributed by atoms with van der Waals surface area (Å²) >= 11 is 0. The molecule has 0 N–H and O–H groups in total. The van der Waals surface area contributed by atoms with Crippen molar-refractivity contribution in [1.29, 1.82) is 0 Å². The van der Waals surface area contributed by atoms with Crippen LogP contribution in [0.5, 0.6) is 0 Å². The smallest absolute Gasteiger partial charge is 0.249 e. The number of rotatable bonds is 3. The van der Waals surface area contributed by atoms with Crippen molar-refractivity contribution in [3.05, 3.63) is 11.8 Å². The van der Waals surface area contributed by atoms with Crippen LogP contribution in [0.1, 0.15) is 26.7 Å². The summed E-state index contributed by atoms with van der Waals surface area (Å²) < 4.78 is 5.28. The number of hydrogen-bond acceptors (Lipinski definition) is 2. The Hall–Kier alpha value is -0.990. The quantitative estimate of drug-likeness (QED) is 0.621. The third-order valence-electron chi connectivity index (χ3n) is 2.21. The first-order chi connectivity index (χ1) is 6.27. The van der Waals surface area contributed by atoms with E-state index in [2.05, 4.69) is 0 Å². The van der Waals surface area contributed by atoms with Crippen LogP contribution in [0.15, 0.2) is 11.8 Å². The average Bonchev–Trinajstić information content (AvgIpc) is 2.59. The predicted octanol–water partition coefficient (Wildman–Crippen LogP) is 1.55. The maximum Gasteiger partial charge on any atom is 0.249 e. The second-order valence-electron chi connectivity index (χ2n) is 3.07. The lowest BCUT2D eigenvalue weighted by Gasteiger charge is -2.16. The molecule has 1 rings (SSSR count). The van der Waals surface area contributed by atoms with Gasteiger partial charge in [0, 0.05) is 25.6 Å². The van der Waals surface area contributed by atoms with Crippen molar-refractivity contribution in [3.8, 4) is 0 Å². The van der Waals surface area contributed by atoms with Gasteiger partial charge in [0.1, 0.15) is 5.76 Å². The average molecular weight is 183 g/mol. The molecule has 74 valence electrons. The van der Waals surface area contributed by atoms with Gasteiger partial charge in [0.15, 0.2) is 0 Å². The summed E-state index contributed by atoms with van der Waals surface area (Å²) in [4.78, 5) is 13.3. The molecule has 0 saturated carbocycles. The number of likely N-dealkylation sites (N-methyl/N-ethyl adjacent to an activating group) is 1. The number of allylic oxidation sites excluding steroid dienone is 1. The maximum absolute atomic E-state index is 11.5. The van der Waals surface area contributed by atoms with Crippen LogP contribution < -0.4 is 0 Å². The van der Waals surface area contributed by atoms with E-state index in [4.69, 9.17) is 4.74 Å². The third kappa shape index (κ3) is 2.76. The molecule has 1 saturated heterocycles. The van der Waals surface area contributed by atoms with Crippen molar-refractivity contribution >= 4 is 5.91 Å². The Labute approximate surface area is 79.4 Å². The van der Waals surface area contributed by atoms with E-state index < -0.39 is 0 Å². The molecule has 0 bridgehead atoms. The second kappa shape index (κ2) is 4.90. The van der Waals surface area contributed by atoms with Crippen LogP contribution in [0.25, 0.3) is 0 Å². The van der Waals surface area contributed by atoms with Gasteiger partial charge in [0.2, 0.25) is 5.91 Å². The van der Waals surface area contributed by atoms with E-state index >= 15 is 0 Å². The predicted molar refractivity (Wildman–Crippen MR) is 51.2 cm³/mol. The number of carbonyl (C=O) groups is 1. The Morgan fingerprint density at radius 3 is 2.69 bits per heavy atom. The highest BCUT2D eigenvalue weighted by atomic mass is 16.5. The third-order valence-corrected chi connectivity index (χ3v) is 2.21. The fourth-order valence-corrected chi connectivity index (χ4v) is 1.40. The number of hydrogen-bond donors (Lipinski definition) is 0. The van der Waals surface area contributed by atoms with E-state index in [1.807, 2.05) is 13.8 Å². The van der Waals surface area contributed by atoms with E-state index in [1.54, 1.807) is 11.0 Å². The number of nitrogens with zero attached hydrogens (tertiary/aromatic N) is 1. The van der Waals surface area contributed by atoms with Crippen LogP contribution in [0.3, 0.4) is 0 Å². The Kier molecular flexibility index (Phi) is 3.80. The minimum atomic E-state index is 0.0712. The molecule has 3 nitrogen and oxygen atoms in total.